The Morgan fingerprint density at radius 1 is 1.16 bits per heavy atom. The van der Waals surface area contributed by atoms with Crippen LogP contribution in [0.2, 0.25) is 0 Å². The van der Waals surface area contributed by atoms with Crippen molar-refractivity contribution in [1.82, 2.24) is 9.97 Å². The molecule has 0 bridgehead atoms. The van der Waals surface area contributed by atoms with E-state index in [0.717, 1.165) is 42.7 Å². The van der Waals surface area contributed by atoms with Crippen LogP contribution in [0.3, 0.4) is 0 Å². The van der Waals surface area contributed by atoms with Gasteiger partial charge < -0.3 is 24.2 Å². The lowest BCUT2D eigenvalue weighted by atomic mass is 9.82. The Morgan fingerprint density at radius 2 is 1.81 bits per heavy atom. The number of aryl methyl sites for hydroxylation is 1. The number of aromatic nitrogens is 2. The van der Waals surface area contributed by atoms with Gasteiger partial charge in [0.1, 0.15) is 0 Å². The Morgan fingerprint density at radius 3 is 2.35 bits per heavy atom. The predicted octanol–water partition coefficient (Wildman–Crippen LogP) is 6.06. The largest absolute Gasteiger partial charge is 0.480 e. The van der Waals surface area contributed by atoms with Crippen LogP contribution in [0.5, 0.6) is 11.8 Å². The van der Waals surface area contributed by atoms with E-state index >= 15 is 0 Å². The van der Waals surface area contributed by atoms with Gasteiger partial charge in [-0.25, -0.2) is 4.79 Å². The van der Waals surface area contributed by atoms with Crippen LogP contribution in [0.4, 0.5) is 5.69 Å². The summed E-state index contributed by atoms with van der Waals surface area (Å²) >= 11 is 0. The summed E-state index contributed by atoms with van der Waals surface area (Å²) in [6.45, 7) is 18.3. The molecule has 1 atom stereocenters. The van der Waals surface area contributed by atoms with Crippen LogP contribution < -0.4 is 14.4 Å². The zero-order valence-corrected chi connectivity index (χ0v) is 23.8. The van der Waals surface area contributed by atoms with Crippen molar-refractivity contribution in [2.75, 3.05) is 31.7 Å². The van der Waals surface area contributed by atoms with Gasteiger partial charge in [-0.05, 0) is 57.9 Å². The molecule has 0 spiro atoms. The molecular weight excluding hydrogens is 470 g/mol. The van der Waals surface area contributed by atoms with Crippen LogP contribution >= 0.6 is 0 Å². The van der Waals surface area contributed by atoms with Gasteiger partial charge in [-0.3, -0.25) is 4.98 Å². The van der Waals surface area contributed by atoms with Gasteiger partial charge in [0.2, 0.25) is 11.8 Å². The van der Waals surface area contributed by atoms with Crippen molar-refractivity contribution in [3.8, 4) is 22.9 Å². The van der Waals surface area contributed by atoms with E-state index in [1.54, 1.807) is 13.3 Å². The number of piperidine rings is 1. The molecule has 1 unspecified atom stereocenters. The second kappa shape index (κ2) is 11.3. The van der Waals surface area contributed by atoms with Crippen molar-refractivity contribution in [3.05, 3.63) is 29.6 Å². The Labute approximate surface area is 221 Å². The van der Waals surface area contributed by atoms with Crippen molar-refractivity contribution in [3.63, 3.8) is 0 Å². The lowest BCUT2D eigenvalue weighted by Crippen LogP contribution is -2.39. The van der Waals surface area contributed by atoms with E-state index in [1.165, 1.54) is 0 Å². The van der Waals surface area contributed by atoms with Crippen LogP contribution in [0, 0.1) is 18.3 Å². The van der Waals surface area contributed by atoms with Crippen LogP contribution in [0.25, 0.3) is 11.1 Å². The standard InChI is InChI=1S/C29H43N3O5/c1-18(2)17-36-22-11-10-20(26(31-22)35-9)21-16-30-19(3)23(25(27(33)34)37-28(4,5)6)24(21)32-14-12-29(7,8)13-15-32/h10-11,16,18,25H,12-15,17H2,1-9H3,(H,33,34). The Balaban J connectivity index is 2.23. The molecule has 0 aliphatic carbocycles. The van der Waals surface area contributed by atoms with Gasteiger partial charge in [-0.2, -0.15) is 4.98 Å². The predicted molar refractivity (Wildman–Crippen MR) is 146 cm³/mol. The van der Waals surface area contributed by atoms with Crippen LogP contribution in [-0.2, 0) is 9.53 Å². The number of carboxylic acids is 1. The molecule has 1 saturated heterocycles. The van der Waals surface area contributed by atoms with Crippen molar-refractivity contribution in [2.45, 2.75) is 79.9 Å². The minimum atomic E-state index is -1.18. The molecule has 8 heteroatoms. The fraction of sp³-hybridized carbons (Fsp3) is 0.621. The van der Waals surface area contributed by atoms with E-state index in [9.17, 15) is 9.90 Å². The van der Waals surface area contributed by atoms with Crippen LogP contribution in [0.1, 0.15) is 78.7 Å². The molecule has 3 rings (SSSR count). The normalized spacial score (nSPS) is 16.5. The zero-order chi connectivity index (χ0) is 27.5. The van der Waals surface area contributed by atoms with E-state index in [2.05, 4.69) is 42.6 Å². The second-order valence-corrected chi connectivity index (χ2v) is 12.0. The monoisotopic (exact) mass is 513 g/mol. The van der Waals surface area contributed by atoms with Crippen molar-refractivity contribution < 1.29 is 24.1 Å². The van der Waals surface area contributed by atoms with Crippen molar-refractivity contribution in [2.24, 2.45) is 11.3 Å². The topological polar surface area (TPSA) is 94.0 Å². The maximum atomic E-state index is 12.6. The lowest BCUT2D eigenvalue weighted by Gasteiger charge is -2.41. The molecule has 37 heavy (non-hydrogen) atoms. The highest BCUT2D eigenvalue weighted by atomic mass is 16.5. The van der Waals surface area contributed by atoms with E-state index in [1.807, 2.05) is 39.8 Å². The molecule has 0 radical (unpaired) electrons. The molecule has 1 aliphatic heterocycles. The molecule has 3 heterocycles. The molecule has 2 aromatic rings. The quantitative estimate of drug-likeness (QED) is 0.432. The summed E-state index contributed by atoms with van der Waals surface area (Å²) in [5, 5.41) is 10.3. The van der Waals surface area contributed by atoms with Gasteiger partial charge in [-0.1, -0.05) is 27.7 Å². The zero-order valence-electron chi connectivity index (χ0n) is 23.8. The summed E-state index contributed by atoms with van der Waals surface area (Å²) in [7, 11) is 1.58. The molecule has 0 aromatic carbocycles. The minimum absolute atomic E-state index is 0.224. The van der Waals surface area contributed by atoms with Gasteiger partial charge in [0.15, 0.2) is 6.10 Å². The summed E-state index contributed by atoms with van der Waals surface area (Å²) in [5.74, 6) is 0.204. The third kappa shape index (κ3) is 7.12. The van der Waals surface area contributed by atoms with E-state index in [4.69, 9.17) is 14.2 Å². The molecule has 0 saturated carbocycles. The number of carboxylic acid groups (broad SMARTS) is 1. The first-order valence-electron chi connectivity index (χ1n) is 13.1. The van der Waals surface area contributed by atoms with Crippen molar-refractivity contribution in [1.29, 1.82) is 0 Å². The Kier molecular flexibility index (Phi) is 8.73. The first-order chi connectivity index (χ1) is 17.2. The number of nitrogens with zero attached hydrogens (tertiary/aromatic N) is 3. The smallest absolute Gasteiger partial charge is 0.337 e. The maximum Gasteiger partial charge on any atom is 0.337 e. The van der Waals surface area contributed by atoms with Crippen LogP contribution in [-0.4, -0.2) is 53.5 Å². The molecule has 2 aromatic heterocycles. The van der Waals surface area contributed by atoms with Gasteiger partial charge >= 0.3 is 5.97 Å². The molecule has 1 N–H and O–H groups in total. The molecule has 204 valence electrons. The number of hydrogen-bond donors (Lipinski definition) is 1. The lowest BCUT2D eigenvalue weighted by molar-refractivity contribution is -0.160. The summed E-state index contributed by atoms with van der Waals surface area (Å²) in [4.78, 5) is 24.1. The van der Waals surface area contributed by atoms with E-state index in [0.29, 0.717) is 35.5 Å². The van der Waals surface area contributed by atoms with E-state index in [-0.39, 0.29) is 5.41 Å². The number of pyridine rings is 2. The van der Waals surface area contributed by atoms with Crippen molar-refractivity contribution >= 4 is 11.7 Å². The number of rotatable bonds is 9. The van der Waals surface area contributed by atoms with Gasteiger partial charge in [0.25, 0.3) is 0 Å². The number of ether oxygens (including phenoxy) is 3. The average Bonchev–Trinajstić information content (AvgIpc) is 2.80. The third-order valence-corrected chi connectivity index (χ3v) is 6.56. The molecule has 1 aliphatic rings. The Bertz CT molecular complexity index is 1100. The summed E-state index contributed by atoms with van der Waals surface area (Å²) in [6, 6.07) is 3.73. The fourth-order valence-corrected chi connectivity index (χ4v) is 4.50. The number of aliphatic carboxylic acids is 1. The summed E-state index contributed by atoms with van der Waals surface area (Å²) in [5.41, 5.74) is 3.07. The van der Waals surface area contributed by atoms with Gasteiger partial charge in [0.05, 0.1) is 25.0 Å². The second-order valence-electron chi connectivity index (χ2n) is 12.0. The minimum Gasteiger partial charge on any atom is -0.480 e. The Hall–Kier alpha value is -2.87. The number of hydrogen-bond acceptors (Lipinski definition) is 7. The molecular formula is C29H43N3O5. The van der Waals surface area contributed by atoms with Crippen LogP contribution in [0.15, 0.2) is 18.3 Å². The summed E-state index contributed by atoms with van der Waals surface area (Å²) in [6.07, 6.45) is 2.59. The van der Waals surface area contributed by atoms with Gasteiger partial charge in [-0.15, -0.1) is 0 Å². The maximum absolute atomic E-state index is 12.6. The molecule has 1 fully saturated rings. The number of anilines is 1. The molecule has 8 nitrogen and oxygen atoms in total. The third-order valence-electron chi connectivity index (χ3n) is 6.56. The average molecular weight is 514 g/mol. The first-order valence-corrected chi connectivity index (χ1v) is 13.1. The highest BCUT2D eigenvalue weighted by molar-refractivity contribution is 5.87. The van der Waals surface area contributed by atoms with E-state index < -0.39 is 17.7 Å². The molecule has 0 amide bonds. The fourth-order valence-electron chi connectivity index (χ4n) is 4.50. The SMILES string of the molecule is COc1nc(OCC(C)C)ccc1-c1cnc(C)c(C(OC(C)(C)C)C(=O)O)c1N1CCC(C)(C)CC1. The highest BCUT2D eigenvalue weighted by Gasteiger charge is 2.36. The summed E-state index contributed by atoms with van der Waals surface area (Å²) < 4.78 is 17.6. The number of carbonyl (C=O) groups is 1. The number of methoxy groups -OCH3 is 1. The first kappa shape index (κ1) is 28.7. The highest BCUT2D eigenvalue weighted by Crippen LogP contribution is 2.45. The van der Waals surface area contributed by atoms with Gasteiger partial charge in [0, 0.05) is 47.7 Å².